The van der Waals surface area contributed by atoms with Crippen LogP contribution in [0.5, 0.6) is 11.5 Å². The Morgan fingerprint density at radius 3 is 2.87 bits per heavy atom. The Bertz CT molecular complexity index is 1140. The van der Waals surface area contributed by atoms with Crippen molar-refractivity contribution in [2.45, 2.75) is 11.7 Å². The number of aromatic amines is 1. The number of benzene rings is 2. The van der Waals surface area contributed by atoms with E-state index >= 15 is 0 Å². The zero-order valence-corrected chi connectivity index (χ0v) is 17.3. The number of halogens is 2. The number of carbonyl (C=O) groups excluding carboxylic acids is 1. The van der Waals surface area contributed by atoms with E-state index in [4.69, 9.17) is 9.47 Å². The van der Waals surface area contributed by atoms with E-state index in [1.165, 1.54) is 17.8 Å². The van der Waals surface area contributed by atoms with E-state index in [0.717, 1.165) is 17.7 Å². The molecular weight excluding hydrogens is 424 g/mol. The lowest BCUT2D eigenvalue weighted by atomic mass is 10.1. The summed E-state index contributed by atoms with van der Waals surface area (Å²) in [6.07, 6.45) is 0.542. The van der Waals surface area contributed by atoms with Crippen LogP contribution in [0.15, 0.2) is 42.5 Å². The molecule has 6 nitrogen and oxygen atoms in total. The largest absolute Gasteiger partial charge is 0.454 e. The number of thioether (sulfide) groups is 1. The van der Waals surface area contributed by atoms with Gasteiger partial charge in [-0.2, -0.15) is 16.9 Å². The molecule has 1 atom stereocenters. The molecule has 160 valence electrons. The number of ether oxygens (including phenoxy) is 2. The van der Waals surface area contributed by atoms with Gasteiger partial charge in [0, 0.05) is 35.2 Å². The van der Waals surface area contributed by atoms with Crippen LogP contribution in [0.1, 0.15) is 27.7 Å². The molecule has 2 aliphatic rings. The van der Waals surface area contributed by atoms with E-state index in [9.17, 15) is 13.6 Å². The minimum Gasteiger partial charge on any atom is -0.454 e. The highest BCUT2D eigenvalue weighted by Gasteiger charge is 2.26. The molecule has 9 heteroatoms. The molecule has 0 unspecified atom stereocenters. The highest BCUT2D eigenvalue weighted by Crippen LogP contribution is 2.37. The van der Waals surface area contributed by atoms with Gasteiger partial charge in [-0.1, -0.05) is 0 Å². The van der Waals surface area contributed by atoms with Gasteiger partial charge in [-0.05, 0) is 48.9 Å². The van der Waals surface area contributed by atoms with Crippen LogP contribution in [-0.2, 0) is 0 Å². The Hall–Kier alpha value is -3.07. The maximum atomic E-state index is 14.2. The number of nitrogens with zero attached hydrogens (tertiary/aromatic N) is 2. The van der Waals surface area contributed by atoms with Gasteiger partial charge >= 0.3 is 0 Å². The second-order valence-corrected chi connectivity index (χ2v) is 8.65. The molecule has 1 amide bonds. The Morgan fingerprint density at radius 1 is 1.10 bits per heavy atom. The zero-order chi connectivity index (χ0) is 21.4. The number of hydrogen-bond donors (Lipinski definition) is 1. The second kappa shape index (κ2) is 8.22. The van der Waals surface area contributed by atoms with Crippen molar-refractivity contribution in [3.63, 3.8) is 0 Å². The van der Waals surface area contributed by atoms with Crippen LogP contribution >= 0.6 is 11.8 Å². The summed E-state index contributed by atoms with van der Waals surface area (Å²) < 4.78 is 38.5. The number of amides is 1. The van der Waals surface area contributed by atoms with E-state index in [-0.39, 0.29) is 18.0 Å². The van der Waals surface area contributed by atoms with Crippen LogP contribution in [0.2, 0.25) is 0 Å². The highest BCUT2D eigenvalue weighted by atomic mass is 32.2. The molecular formula is C22H19F2N3O3S. The van der Waals surface area contributed by atoms with Gasteiger partial charge < -0.3 is 14.4 Å². The lowest BCUT2D eigenvalue weighted by Gasteiger charge is -2.19. The monoisotopic (exact) mass is 443 g/mol. The number of rotatable bonds is 3. The number of aromatic nitrogens is 2. The SMILES string of the molecule is O=C(c1cc(-c2ccc3c(c2)OCO3)n[nH]1)N1CCS[C@@H](c2cc(F)ccc2F)CC1. The molecule has 2 aliphatic heterocycles. The molecule has 0 radical (unpaired) electrons. The summed E-state index contributed by atoms with van der Waals surface area (Å²) in [4.78, 5) is 14.7. The summed E-state index contributed by atoms with van der Waals surface area (Å²) in [7, 11) is 0. The first-order chi connectivity index (χ1) is 15.1. The van der Waals surface area contributed by atoms with Crippen LogP contribution in [0.3, 0.4) is 0 Å². The molecule has 1 saturated heterocycles. The van der Waals surface area contributed by atoms with E-state index in [1.54, 1.807) is 11.0 Å². The highest BCUT2D eigenvalue weighted by molar-refractivity contribution is 7.99. The summed E-state index contributed by atoms with van der Waals surface area (Å²) in [6, 6.07) is 10.7. The Labute approximate surface area is 181 Å². The van der Waals surface area contributed by atoms with Gasteiger partial charge in [0.1, 0.15) is 17.3 Å². The second-order valence-electron chi connectivity index (χ2n) is 7.34. The average Bonchev–Trinajstić information content (AvgIpc) is 3.39. The van der Waals surface area contributed by atoms with Crippen molar-refractivity contribution in [1.29, 1.82) is 0 Å². The molecule has 31 heavy (non-hydrogen) atoms. The fourth-order valence-electron chi connectivity index (χ4n) is 3.79. The predicted molar refractivity (Wildman–Crippen MR) is 112 cm³/mol. The molecule has 3 heterocycles. The number of hydrogen-bond acceptors (Lipinski definition) is 5. The van der Waals surface area contributed by atoms with Crippen molar-refractivity contribution >= 4 is 17.7 Å². The van der Waals surface area contributed by atoms with Crippen molar-refractivity contribution in [3.05, 3.63) is 65.4 Å². The smallest absolute Gasteiger partial charge is 0.271 e. The van der Waals surface area contributed by atoms with Crippen LogP contribution in [-0.4, -0.2) is 46.6 Å². The third-order valence-corrected chi connectivity index (χ3v) is 6.72. The molecule has 0 aliphatic carbocycles. The van der Waals surface area contributed by atoms with Crippen molar-refractivity contribution in [3.8, 4) is 22.8 Å². The molecule has 2 aromatic carbocycles. The number of carbonyl (C=O) groups is 1. The topological polar surface area (TPSA) is 67.5 Å². The molecule has 5 rings (SSSR count). The van der Waals surface area contributed by atoms with Crippen molar-refractivity contribution in [2.75, 3.05) is 25.6 Å². The summed E-state index contributed by atoms with van der Waals surface area (Å²) in [6.45, 7) is 1.16. The predicted octanol–water partition coefficient (Wildman–Crippen LogP) is 4.40. The maximum absolute atomic E-state index is 14.2. The first kappa shape index (κ1) is 19.9. The van der Waals surface area contributed by atoms with Gasteiger partial charge in [0.25, 0.3) is 5.91 Å². The quantitative estimate of drug-likeness (QED) is 0.650. The average molecular weight is 443 g/mol. The van der Waals surface area contributed by atoms with Crippen molar-refractivity contribution < 1.29 is 23.0 Å². The van der Waals surface area contributed by atoms with Crippen LogP contribution in [0.4, 0.5) is 8.78 Å². The summed E-state index contributed by atoms with van der Waals surface area (Å²) >= 11 is 1.54. The summed E-state index contributed by atoms with van der Waals surface area (Å²) in [5.41, 5.74) is 2.18. The minimum absolute atomic E-state index is 0.166. The molecule has 1 N–H and O–H groups in total. The Morgan fingerprint density at radius 2 is 1.97 bits per heavy atom. The zero-order valence-electron chi connectivity index (χ0n) is 16.4. The fourth-order valence-corrected chi connectivity index (χ4v) is 5.03. The van der Waals surface area contributed by atoms with Crippen LogP contribution < -0.4 is 9.47 Å². The van der Waals surface area contributed by atoms with E-state index in [1.807, 2.05) is 18.2 Å². The summed E-state index contributed by atoms with van der Waals surface area (Å²) in [5.74, 6) is 0.925. The molecule has 3 aromatic rings. The van der Waals surface area contributed by atoms with Crippen LogP contribution in [0, 0.1) is 11.6 Å². The molecule has 1 fully saturated rings. The molecule has 0 spiro atoms. The van der Waals surface area contributed by atoms with Gasteiger partial charge in [-0.25, -0.2) is 8.78 Å². The summed E-state index contributed by atoms with van der Waals surface area (Å²) in [5, 5.41) is 6.89. The molecule has 0 saturated carbocycles. The molecule has 1 aromatic heterocycles. The Balaban J connectivity index is 1.29. The maximum Gasteiger partial charge on any atom is 0.271 e. The minimum atomic E-state index is -0.456. The van der Waals surface area contributed by atoms with Gasteiger partial charge in [-0.15, -0.1) is 0 Å². The first-order valence-electron chi connectivity index (χ1n) is 9.90. The third-order valence-electron chi connectivity index (χ3n) is 5.41. The first-order valence-corrected chi connectivity index (χ1v) is 10.9. The van der Waals surface area contributed by atoms with E-state index in [2.05, 4.69) is 10.2 Å². The van der Waals surface area contributed by atoms with E-state index in [0.29, 0.717) is 53.7 Å². The van der Waals surface area contributed by atoms with Crippen molar-refractivity contribution in [2.24, 2.45) is 0 Å². The van der Waals surface area contributed by atoms with Crippen molar-refractivity contribution in [1.82, 2.24) is 15.1 Å². The fraction of sp³-hybridized carbons (Fsp3) is 0.273. The number of H-pyrrole nitrogens is 1. The van der Waals surface area contributed by atoms with Crippen LogP contribution in [0.25, 0.3) is 11.3 Å². The lowest BCUT2D eigenvalue weighted by molar-refractivity contribution is 0.0760. The molecule has 0 bridgehead atoms. The standard InChI is InChI=1S/C22H19F2N3O3S/c23-14-2-3-16(24)15(10-14)21-5-6-27(7-8-31-21)22(28)18-11-17(25-26-18)13-1-4-19-20(9-13)30-12-29-19/h1-4,9-11,21H,5-8,12H2,(H,25,26)/t21-/m1/s1. The lowest BCUT2D eigenvalue weighted by Crippen LogP contribution is -2.33. The van der Waals surface area contributed by atoms with Gasteiger partial charge in [-0.3, -0.25) is 9.89 Å². The van der Waals surface area contributed by atoms with E-state index < -0.39 is 11.6 Å². The third kappa shape index (κ3) is 3.97. The van der Waals surface area contributed by atoms with Gasteiger partial charge in [0.05, 0.1) is 5.69 Å². The van der Waals surface area contributed by atoms with Gasteiger partial charge in [0.2, 0.25) is 6.79 Å². The number of fused-ring (bicyclic) bond motifs is 1. The number of nitrogens with one attached hydrogen (secondary N) is 1. The normalized spacial score (nSPS) is 18.1. The Kier molecular flexibility index (Phi) is 5.27. The van der Waals surface area contributed by atoms with Gasteiger partial charge in [0.15, 0.2) is 11.5 Å².